The molecule has 4 atom stereocenters. The van der Waals surface area contributed by atoms with E-state index in [1.54, 1.807) is 23.2 Å². The fraction of sp³-hybridized carbons (Fsp3) is 0.306. The molecule has 4 amide bonds. The number of benzene rings is 5. The van der Waals surface area contributed by atoms with E-state index in [0.717, 1.165) is 73.6 Å². The lowest BCUT2D eigenvalue weighted by Crippen LogP contribution is -2.51. The molecule has 0 aliphatic carbocycles. The van der Waals surface area contributed by atoms with Crippen LogP contribution in [0.15, 0.2) is 103 Å². The molecule has 2 aliphatic heterocycles. The summed E-state index contributed by atoms with van der Waals surface area (Å²) in [6.07, 6.45) is 2.06. The maximum absolute atomic E-state index is 14.1. The van der Waals surface area contributed by atoms with E-state index in [0.29, 0.717) is 31.1 Å². The Morgan fingerprint density at radius 1 is 0.734 bits per heavy atom. The first kappa shape index (κ1) is 42.1. The number of aromatic amines is 2. The Bertz CT molecular complexity index is 2870. The first-order chi connectivity index (χ1) is 31.1. The molecule has 0 bridgehead atoms. The third-order valence-corrected chi connectivity index (χ3v) is 12.4. The van der Waals surface area contributed by atoms with Crippen molar-refractivity contribution < 1.29 is 33.4 Å². The molecule has 2 aromatic heterocycles. The third-order valence-electron chi connectivity index (χ3n) is 12.4. The first-order valence-electron chi connectivity index (χ1n) is 21.5. The quantitative estimate of drug-likeness (QED) is 0.106. The molecule has 2 aliphatic rings. The van der Waals surface area contributed by atoms with Crippen LogP contribution in [0.4, 0.5) is 9.59 Å². The molecule has 0 radical (unpaired) electrons. The maximum Gasteiger partial charge on any atom is 0.407 e. The first-order valence-corrected chi connectivity index (χ1v) is 21.5. The topological polar surface area (TPSA) is 184 Å². The number of ether oxygens (including phenoxy) is 3. The highest BCUT2D eigenvalue weighted by atomic mass is 16.5. The fourth-order valence-electron chi connectivity index (χ4n) is 8.97. The van der Waals surface area contributed by atoms with E-state index in [1.807, 2.05) is 43.0 Å². The highest BCUT2D eigenvalue weighted by molar-refractivity contribution is 6.06. The van der Waals surface area contributed by atoms with Crippen LogP contribution in [-0.4, -0.2) is 100 Å². The number of carbonyl (C=O) groups excluding carboxylic acids is 4. The molecule has 15 nitrogen and oxygen atoms in total. The smallest absolute Gasteiger partial charge is 0.407 e. The predicted molar refractivity (Wildman–Crippen MR) is 242 cm³/mol. The van der Waals surface area contributed by atoms with Gasteiger partial charge in [0.05, 0.1) is 56.4 Å². The summed E-state index contributed by atoms with van der Waals surface area (Å²) in [6.45, 7) is 5.34. The monoisotopic (exact) mass is 862 g/mol. The molecule has 5 aromatic carbocycles. The van der Waals surface area contributed by atoms with Crippen molar-refractivity contribution in [1.82, 2.24) is 40.4 Å². The summed E-state index contributed by atoms with van der Waals surface area (Å²) in [7, 11) is 2.56. The van der Waals surface area contributed by atoms with Crippen LogP contribution in [0.5, 0.6) is 0 Å². The molecular weight excluding hydrogens is 813 g/mol. The summed E-state index contributed by atoms with van der Waals surface area (Å²) in [5.74, 6) is 0.780. The van der Waals surface area contributed by atoms with Crippen LogP contribution in [0.25, 0.3) is 55.0 Å². The molecule has 2 saturated heterocycles. The van der Waals surface area contributed by atoms with E-state index in [4.69, 9.17) is 24.2 Å². The number of H-pyrrole nitrogens is 2. The molecule has 0 saturated carbocycles. The number of nitrogens with one attached hydrogen (secondary N) is 4. The van der Waals surface area contributed by atoms with Crippen molar-refractivity contribution in [1.29, 1.82) is 0 Å². The molecular formula is C49H50N8O7. The zero-order chi connectivity index (χ0) is 44.5. The van der Waals surface area contributed by atoms with E-state index in [2.05, 4.69) is 81.3 Å². The van der Waals surface area contributed by atoms with E-state index in [1.165, 1.54) is 14.2 Å². The van der Waals surface area contributed by atoms with Crippen LogP contribution >= 0.6 is 0 Å². The fourth-order valence-corrected chi connectivity index (χ4v) is 8.97. The Labute approximate surface area is 369 Å². The number of rotatable bonds is 10. The highest BCUT2D eigenvalue weighted by Crippen LogP contribution is 2.36. The molecule has 15 heteroatoms. The maximum atomic E-state index is 14.1. The second-order valence-electron chi connectivity index (χ2n) is 16.6. The minimum absolute atomic E-state index is 0.117. The molecule has 328 valence electrons. The van der Waals surface area contributed by atoms with Gasteiger partial charge in [0.15, 0.2) is 0 Å². The van der Waals surface area contributed by atoms with E-state index in [-0.39, 0.29) is 30.4 Å². The third kappa shape index (κ3) is 8.21. The standard InChI is InChI=1S/C49H50N8O7/c1-28(2)41(54-48(60)62-3)46(58)56-20-8-11-39(56)45-51-37-19-17-34-24-33(16-18-36(34)43(37)53-45)30-12-13-32-25-35(15-14-31(32)23-30)38-26-50-44(52-38)40-27-64-22-21-57(40)47(59)42(55-49(61)63-4)29-9-6-5-7-10-29/h5-7,9-10,12-19,23-26,28,39-42H,8,11,20-22,27H2,1-4H3,(H,50,52)(H,51,53)(H,54,60)(H,55,61)/t39-,40-,41-,42+/m0/s1. The number of hydrogen-bond acceptors (Lipinski definition) is 9. The summed E-state index contributed by atoms with van der Waals surface area (Å²) in [5, 5.41) is 9.62. The molecule has 4 N–H and O–H groups in total. The SMILES string of the molecule is COC(=O)N[C@H](C(=O)N1CCC[C@H]1c1nc2c(ccc3cc(-c4ccc5cc(-c6cnc([C@@H]7COCCN7C(=O)[C@H](NC(=O)OC)c7ccccc7)[nH]6)ccc5c4)ccc32)[nH]1)C(C)C. The van der Waals surface area contributed by atoms with Gasteiger partial charge in [-0.25, -0.2) is 19.6 Å². The molecule has 2 fully saturated rings. The Kier molecular flexibility index (Phi) is 11.7. The van der Waals surface area contributed by atoms with Gasteiger partial charge in [0.25, 0.3) is 5.91 Å². The van der Waals surface area contributed by atoms with Gasteiger partial charge in [0.1, 0.15) is 29.8 Å². The second kappa shape index (κ2) is 17.8. The number of amides is 4. The van der Waals surface area contributed by atoms with E-state index >= 15 is 0 Å². The summed E-state index contributed by atoms with van der Waals surface area (Å²) in [6, 6.07) is 30.0. The summed E-state index contributed by atoms with van der Waals surface area (Å²) in [5.41, 5.74) is 6.28. The Balaban J connectivity index is 0.930. The lowest BCUT2D eigenvalue weighted by molar-refractivity contribution is -0.143. The molecule has 9 rings (SSSR count). The van der Waals surface area contributed by atoms with E-state index in [9.17, 15) is 19.2 Å². The van der Waals surface area contributed by atoms with Crippen molar-refractivity contribution in [3.8, 4) is 22.4 Å². The van der Waals surface area contributed by atoms with Gasteiger partial charge < -0.3 is 44.6 Å². The zero-order valence-electron chi connectivity index (χ0n) is 36.1. The number of fused-ring (bicyclic) bond motifs is 4. The van der Waals surface area contributed by atoms with Gasteiger partial charge in [-0.15, -0.1) is 0 Å². The number of carbonyl (C=O) groups is 4. The molecule has 0 unspecified atom stereocenters. The van der Waals surface area contributed by atoms with Gasteiger partial charge in [-0.3, -0.25) is 9.59 Å². The lowest BCUT2D eigenvalue weighted by Gasteiger charge is -2.36. The molecule has 7 aromatic rings. The summed E-state index contributed by atoms with van der Waals surface area (Å²) >= 11 is 0. The number of morpholine rings is 1. The minimum atomic E-state index is -0.944. The summed E-state index contributed by atoms with van der Waals surface area (Å²) in [4.78, 5) is 72.4. The van der Waals surface area contributed by atoms with Crippen molar-refractivity contribution in [2.45, 2.75) is 50.9 Å². The van der Waals surface area contributed by atoms with Gasteiger partial charge in [-0.2, -0.15) is 0 Å². The number of methoxy groups -OCH3 is 2. The van der Waals surface area contributed by atoms with E-state index < -0.39 is 30.3 Å². The minimum Gasteiger partial charge on any atom is -0.453 e. The van der Waals surface area contributed by atoms with Crippen molar-refractivity contribution in [2.24, 2.45) is 5.92 Å². The van der Waals surface area contributed by atoms with Gasteiger partial charge >= 0.3 is 12.2 Å². The van der Waals surface area contributed by atoms with Crippen LogP contribution in [0, 0.1) is 5.92 Å². The lowest BCUT2D eigenvalue weighted by atomic mass is 9.97. The van der Waals surface area contributed by atoms with Crippen LogP contribution in [0.3, 0.4) is 0 Å². The number of aromatic nitrogens is 4. The van der Waals surface area contributed by atoms with Crippen molar-refractivity contribution in [3.63, 3.8) is 0 Å². The zero-order valence-corrected chi connectivity index (χ0v) is 36.1. The van der Waals surface area contributed by atoms with Gasteiger partial charge in [0, 0.05) is 24.0 Å². The van der Waals surface area contributed by atoms with Gasteiger partial charge in [-0.05, 0) is 75.9 Å². The van der Waals surface area contributed by atoms with Gasteiger partial charge in [-0.1, -0.05) is 86.6 Å². The van der Waals surface area contributed by atoms with Crippen LogP contribution < -0.4 is 10.6 Å². The molecule has 64 heavy (non-hydrogen) atoms. The number of nitrogens with zero attached hydrogens (tertiary/aromatic N) is 4. The average molecular weight is 863 g/mol. The van der Waals surface area contributed by atoms with Crippen LogP contribution in [-0.2, 0) is 23.8 Å². The number of alkyl carbamates (subject to hydrolysis) is 2. The number of likely N-dealkylation sites (tertiary alicyclic amines) is 1. The second-order valence-corrected chi connectivity index (χ2v) is 16.6. The van der Waals surface area contributed by atoms with Crippen LogP contribution in [0.1, 0.15) is 62.0 Å². The molecule has 0 spiro atoms. The van der Waals surface area contributed by atoms with Gasteiger partial charge in [0.2, 0.25) is 5.91 Å². The Morgan fingerprint density at radius 3 is 2.16 bits per heavy atom. The highest BCUT2D eigenvalue weighted by Gasteiger charge is 2.38. The Morgan fingerprint density at radius 2 is 1.41 bits per heavy atom. The van der Waals surface area contributed by atoms with Crippen LogP contribution in [0.2, 0.25) is 0 Å². The average Bonchev–Trinajstić information content (AvgIpc) is 4.13. The largest absolute Gasteiger partial charge is 0.453 e. The predicted octanol–water partition coefficient (Wildman–Crippen LogP) is 7.97. The number of hydrogen-bond donors (Lipinski definition) is 4. The van der Waals surface area contributed by atoms with Crippen molar-refractivity contribution in [2.75, 3.05) is 40.5 Å². The summed E-state index contributed by atoms with van der Waals surface area (Å²) < 4.78 is 15.5. The van der Waals surface area contributed by atoms with Crippen molar-refractivity contribution >= 4 is 56.6 Å². The van der Waals surface area contributed by atoms with Crippen molar-refractivity contribution in [3.05, 3.63) is 120 Å². The number of imidazole rings is 2. The Hall–Kier alpha value is -7.26. The molecule has 4 heterocycles. The normalized spacial score (nSPS) is 17.5.